The van der Waals surface area contributed by atoms with Gasteiger partial charge in [-0.25, -0.2) is 4.98 Å². The van der Waals surface area contributed by atoms with Crippen molar-refractivity contribution in [2.75, 3.05) is 19.4 Å². The number of amides is 2. The molecule has 2 amide bonds. The predicted octanol–water partition coefficient (Wildman–Crippen LogP) is 3.07. The van der Waals surface area contributed by atoms with Gasteiger partial charge in [0, 0.05) is 20.2 Å². The predicted molar refractivity (Wildman–Crippen MR) is 98.6 cm³/mol. The summed E-state index contributed by atoms with van der Waals surface area (Å²) in [4.78, 5) is 31.4. The third-order valence-corrected chi connectivity index (χ3v) is 5.63. The van der Waals surface area contributed by atoms with Gasteiger partial charge in [0.15, 0.2) is 10.9 Å². The van der Waals surface area contributed by atoms with E-state index in [1.165, 1.54) is 16.2 Å². The second kappa shape index (κ2) is 6.34. The average Bonchev–Trinajstić information content (AvgIpc) is 3.02. The van der Waals surface area contributed by atoms with Crippen LogP contribution in [-0.2, 0) is 10.2 Å². The zero-order valence-corrected chi connectivity index (χ0v) is 15.9. The van der Waals surface area contributed by atoms with E-state index in [0.29, 0.717) is 45.8 Å². The molecular formula is C18H18N4O4S. The van der Waals surface area contributed by atoms with Crippen LogP contribution in [0.3, 0.4) is 0 Å². The number of hydrogen-bond donors (Lipinski definition) is 1. The van der Waals surface area contributed by atoms with Gasteiger partial charge in [0.1, 0.15) is 4.88 Å². The van der Waals surface area contributed by atoms with Gasteiger partial charge in [-0.15, -0.1) is 0 Å². The van der Waals surface area contributed by atoms with E-state index in [9.17, 15) is 9.59 Å². The smallest absolute Gasteiger partial charge is 0.265 e. The first kappa shape index (κ1) is 17.5. The molecule has 0 saturated heterocycles. The van der Waals surface area contributed by atoms with Gasteiger partial charge in [-0.2, -0.15) is 0 Å². The molecule has 1 fully saturated rings. The number of thiazole rings is 1. The van der Waals surface area contributed by atoms with E-state index in [0.717, 1.165) is 0 Å². The summed E-state index contributed by atoms with van der Waals surface area (Å²) in [7, 11) is 3.36. The molecule has 0 atom stereocenters. The van der Waals surface area contributed by atoms with E-state index in [4.69, 9.17) is 8.94 Å². The summed E-state index contributed by atoms with van der Waals surface area (Å²) in [6, 6.07) is 5.26. The van der Waals surface area contributed by atoms with Gasteiger partial charge in [-0.05, 0) is 31.9 Å². The van der Waals surface area contributed by atoms with E-state index in [2.05, 4.69) is 15.5 Å². The molecule has 0 aromatic carbocycles. The second-order valence-corrected chi connectivity index (χ2v) is 7.72. The minimum absolute atomic E-state index is 0.133. The third kappa shape index (κ3) is 3.03. The van der Waals surface area contributed by atoms with E-state index in [-0.39, 0.29) is 11.8 Å². The Morgan fingerprint density at radius 3 is 2.70 bits per heavy atom. The van der Waals surface area contributed by atoms with Gasteiger partial charge in [0.2, 0.25) is 11.7 Å². The summed E-state index contributed by atoms with van der Waals surface area (Å²) in [5.74, 6) is 0.719. The van der Waals surface area contributed by atoms with Gasteiger partial charge >= 0.3 is 0 Å². The minimum Gasteiger partial charge on any atom is -0.461 e. The first-order valence-corrected chi connectivity index (χ1v) is 9.24. The molecule has 0 radical (unpaired) electrons. The fourth-order valence-electron chi connectivity index (χ4n) is 2.83. The van der Waals surface area contributed by atoms with Crippen molar-refractivity contribution < 1.29 is 18.5 Å². The maximum atomic E-state index is 12.9. The van der Waals surface area contributed by atoms with Crippen molar-refractivity contribution in [3.05, 3.63) is 40.7 Å². The highest BCUT2D eigenvalue weighted by molar-refractivity contribution is 7.17. The quantitative estimate of drug-likeness (QED) is 0.723. The summed E-state index contributed by atoms with van der Waals surface area (Å²) >= 11 is 1.17. The van der Waals surface area contributed by atoms with Crippen LogP contribution in [-0.4, -0.2) is 41.0 Å². The molecule has 1 aliphatic carbocycles. The van der Waals surface area contributed by atoms with Crippen LogP contribution >= 0.6 is 11.3 Å². The Kier molecular flexibility index (Phi) is 4.11. The highest BCUT2D eigenvalue weighted by Crippen LogP contribution is 2.49. The maximum Gasteiger partial charge on any atom is 0.265 e. The van der Waals surface area contributed by atoms with Gasteiger partial charge in [0.25, 0.3) is 5.91 Å². The van der Waals surface area contributed by atoms with Crippen molar-refractivity contribution in [3.63, 3.8) is 0 Å². The molecule has 0 aliphatic heterocycles. The number of aryl methyl sites for hydroxylation is 1. The molecule has 3 aromatic heterocycles. The fourth-order valence-corrected chi connectivity index (χ4v) is 3.81. The van der Waals surface area contributed by atoms with Gasteiger partial charge in [-0.3, -0.25) is 9.59 Å². The van der Waals surface area contributed by atoms with Crippen molar-refractivity contribution in [3.8, 4) is 11.5 Å². The largest absolute Gasteiger partial charge is 0.461 e. The topological polar surface area (TPSA) is 101 Å². The fraction of sp³-hybridized carbons (Fsp3) is 0.333. The number of anilines is 1. The molecule has 1 saturated carbocycles. The number of aromatic nitrogens is 2. The number of nitrogens with one attached hydrogen (secondary N) is 1. The van der Waals surface area contributed by atoms with E-state index in [1.807, 2.05) is 0 Å². The number of furan rings is 1. The molecule has 140 valence electrons. The standard InChI is InChI=1S/C18H18N4O4S/c1-10-14(15(23)22(2)3)27-17(19-10)20-16(24)18(6-7-18)13-9-12(26-21-13)11-5-4-8-25-11/h4-5,8-9H,6-7H2,1-3H3,(H,19,20,24). The molecule has 3 aromatic rings. The molecule has 1 aliphatic rings. The highest BCUT2D eigenvalue weighted by Gasteiger charge is 2.54. The van der Waals surface area contributed by atoms with Crippen LogP contribution in [0.25, 0.3) is 11.5 Å². The van der Waals surface area contributed by atoms with Crippen LogP contribution in [0.15, 0.2) is 33.4 Å². The Morgan fingerprint density at radius 2 is 2.07 bits per heavy atom. The van der Waals surface area contributed by atoms with Crippen LogP contribution in [0.1, 0.15) is 33.9 Å². The molecule has 1 N–H and O–H groups in total. The van der Waals surface area contributed by atoms with Crippen molar-refractivity contribution in [2.45, 2.75) is 25.2 Å². The van der Waals surface area contributed by atoms with Crippen LogP contribution in [0.2, 0.25) is 0 Å². The Balaban J connectivity index is 1.53. The van der Waals surface area contributed by atoms with Gasteiger partial charge in [-0.1, -0.05) is 16.5 Å². The first-order chi connectivity index (χ1) is 12.9. The Hall–Kier alpha value is -2.94. The number of carbonyl (C=O) groups is 2. The molecule has 3 heterocycles. The lowest BCUT2D eigenvalue weighted by Crippen LogP contribution is -2.28. The number of nitrogens with zero attached hydrogens (tertiary/aromatic N) is 3. The second-order valence-electron chi connectivity index (χ2n) is 6.72. The average molecular weight is 386 g/mol. The number of hydrogen-bond acceptors (Lipinski definition) is 7. The van der Waals surface area contributed by atoms with Crippen molar-refractivity contribution >= 4 is 28.3 Å². The van der Waals surface area contributed by atoms with Crippen LogP contribution in [0.5, 0.6) is 0 Å². The molecule has 8 nitrogen and oxygen atoms in total. The van der Waals surface area contributed by atoms with Crippen molar-refractivity contribution in [1.82, 2.24) is 15.0 Å². The zero-order valence-electron chi connectivity index (χ0n) is 15.1. The summed E-state index contributed by atoms with van der Waals surface area (Å²) < 4.78 is 10.6. The van der Waals surface area contributed by atoms with E-state index >= 15 is 0 Å². The van der Waals surface area contributed by atoms with Crippen molar-refractivity contribution in [2.24, 2.45) is 0 Å². The molecule has 9 heteroatoms. The molecule has 0 spiro atoms. The van der Waals surface area contributed by atoms with Gasteiger partial charge in [0.05, 0.1) is 23.1 Å². The Bertz CT molecular complexity index is 999. The van der Waals surface area contributed by atoms with E-state index < -0.39 is 5.41 Å². The summed E-state index contributed by atoms with van der Waals surface area (Å²) in [6.07, 6.45) is 2.90. The molecule has 4 rings (SSSR count). The van der Waals surface area contributed by atoms with E-state index in [1.54, 1.807) is 45.5 Å². The zero-order chi connectivity index (χ0) is 19.2. The maximum absolute atomic E-state index is 12.9. The molecule has 0 unspecified atom stereocenters. The normalized spacial score (nSPS) is 14.8. The summed E-state index contributed by atoms with van der Waals surface area (Å²) in [6.45, 7) is 1.75. The molecule has 27 heavy (non-hydrogen) atoms. The van der Waals surface area contributed by atoms with Crippen LogP contribution < -0.4 is 5.32 Å². The lowest BCUT2D eigenvalue weighted by atomic mass is 10.0. The van der Waals surface area contributed by atoms with Crippen LogP contribution in [0.4, 0.5) is 5.13 Å². The van der Waals surface area contributed by atoms with Gasteiger partial charge < -0.3 is 19.2 Å². The molecular weight excluding hydrogens is 368 g/mol. The molecule has 0 bridgehead atoms. The monoisotopic (exact) mass is 386 g/mol. The van der Waals surface area contributed by atoms with Crippen LogP contribution in [0, 0.1) is 6.92 Å². The summed E-state index contributed by atoms with van der Waals surface area (Å²) in [5.41, 5.74) is 0.448. The minimum atomic E-state index is -0.723. The Labute approximate surface area is 159 Å². The highest BCUT2D eigenvalue weighted by atomic mass is 32.1. The SMILES string of the molecule is Cc1nc(NC(=O)C2(c3cc(-c4ccco4)on3)CC2)sc1C(=O)N(C)C. The first-order valence-electron chi connectivity index (χ1n) is 8.42. The summed E-state index contributed by atoms with van der Waals surface area (Å²) in [5, 5.41) is 7.31. The number of rotatable bonds is 5. The lowest BCUT2D eigenvalue weighted by Gasteiger charge is -2.10. The number of carbonyl (C=O) groups excluding carboxylic acids is 2. The third-order valence-electron chi connectivity index (χ3n) is 4.57. The lowest BCUT2D eigenvalue weighted by molar-refractivity contribution is -0.118. The van der Waals surface area contributed by atoms with Crippen molar-refractivity contribution in [1.29, 1.82) is 0 Å². The Morgan fingerprint density at radius 1 is 1.30 bits per heavy atom.